The highest BCUT2D eigenvalue weighted by molar-refractivity contribution is 5.33. The van der Waals surface area contributed by atoms with Gasteiger partial charge in [0.25, 0.3) is 0 Å². The first-order valence-electron chi connectivity index (χ1n) is 5.65. The highest BCUT2D eigenvalue weighted by atomic mass is 16.5. The number of benzene rings is 1. The standard InChI is InChI=1S/C13H19NO2/c1-13(2)8-12(9-14-13)16-11-6-4-5-10(7-11)15-3/h4-7,12,14H,8-9H2,1-3H3. The van der Waals surface area contributed by atoms with Crippen molar-refractivity contribution in [2.24, 2.45) is 0 Å². The lowest BCUT2D eigenvalue weighted by Crippen LogP contribution is -2.31. The molecule has 1 aromatic carbocycles. The third-order valence-corrected chi connectivity index (χ3v) is 2.89. The SMILES string of the molecule is COc1cccc(OC2CNC(C)(C)C2)c1. The smallest absolute Gasteiger partial charge is 0.123 e. The molecule has 0 spiro atoms. The molecule has 1 saturated heterocycles. The monoisotopic (exact) mass is 221 g/mol. The second-order valence-corrected chi connectivity index (χ2v) is 4.89. The van der Waals surface area contributed by atoms with Crippen LogP contribution in [-0.2, 0) is 0 Å². The van der Waals surface area contributed by atoms with Crippen LogP contribution < -0.4 is 14.8 Å². The number of rotatable bonds is 3. The highest BCUT2D eigenvalue weighted by Crippen LogP contribution is 2.25. The topological polar surface area (TPSA) is 30.5 Å². The quantitative estimate of drug-likeness (QED) is 0.849. The Morgan fingerprint density at radius 1 is 1.31 bits per heavy atom. The Kier molecular flexibility index (Phi) is 3.06. The minimum absolute atomic E-state index is 0.184. The molecule has 2 rings (SSSR count). The van der Waals surface area contributed by atoms with Gasteiger partial charge in [-0.2, -0.15) is 0 Å². The van der Waals surface area contributed by atoms with E-state index in [0.29, 0.717) is 0 Å². The molecule has 0 bridgehead atoms. The summed E-state index contributed by atoms with van der Waals surface area (Å²) in [5.74, 6) is 1.71. The minimum Gasteiger partial charge on any atom is -0.497 e. The summed E-state index contributed by atoms with van der Waals surface area (Å²) in [5, 5.41) is 3.44. The van der Waals surface area contributed by atoms with Crippen molar-refractivity contribution in [1.82, 2.24) is 5.32 Å². The molecule has 1 N–H and O–H groups in total. The summed E-state index contributed by atoms with van der Waals surface area (Å²) in [6.45, 7) is 5.30. The first-order valence-corrected chi connectivity index (χ1v) is 5.65. The minimum atomic E-state index is 0.184. The molecule has 1 aliphatic heterocycles. The summed E-state index contributed by atoms with van der Waals surface area (Å²) in [6, 6.07) is 7.75. The molecule has 1 aliphatic rings. The Morgan fingerprint density at radius 3 is 2.69 bits per heavy atom. The molecule has 3 nitrogen and oxygen atoms in total. The van der Waals surface area contributed by atoms with Crippen molar-refractivity contribution in [2.45, 2.75) is 31.9 Å². The summed E-state index contributed by atoms with van der Waals surface area (Å²) in [6.07, 6.45) is 1.28. The molecule has 1 unspecified atom stereocenters. The van der Waals surface area contributed by atoms with Crippen LogP contribution in [0.4, 0.5) is 0 Å². The normalized spacial score (nSPS) is 23.1. The van der Waals surface area contributed by atoms with E-state index in [9.17, 15) is 0 Å². The lowest BCUT2D eigenvalue weighted by Gasteiger charge is -2.17. The van der Waals surface area contributed by atoms with E-state index in [2.05, 4.69) is 19.2 Å². The maximum Gasteiger partial charge on any atom is 0.123 e. The molecule has 0 saturated carbocycles. The van der Waals surface area contributed by atoms with Crippen molar-refractivity contribution in [3.05, 3.63) is 24.3 Å². The van der Waals surface area contributed by atoms with Gasteiger partial charge in [0.15, 0.2) is 0 Å². The third kappa shape index (κ3) is 2.67. The largest absolute Gasteiger partial charge is 0.497 e. The van der Waals surface area contributed by atoms with Crippen LogP contribution in [0.25, 0.3) is 0 Å². The van der Waals surface area contributed by atoms with Gasteiger partial charge in [-0.1, -0.05) is 6.07 Å². The molecule has 88 valence electrons. The zero-order valence-electron chi connectivity index (χ0n) is 10.1. The summed E-state index contributed by atoms with van der Waals surface area (Å²) in [7, 11) is 1.67. The zero-order valence-corrected chi connectivity index (χ0v) is 10.1. The summed E-state index contributed by atoms with van der Waals surface area (Å²) in [5.41, 5.74) is 0.184. The van der Waals surface area contributed by atoms with Gasteiger partial charge < -0.3 is 14.8 Å². The zero-order chi connectivity index (χ0) is 11.6. The van der Waals surface area contributed by atoms with E-state index in [1.165, 1.54) is 0 Å². The van der Waals surface area contributed by atoms with Gasteiger partial charge in [0, 0.05) is 24.6 Å². The fraction of sp³-hybridized carbons (Fsp3) is 0.538. The lowest BCUT2D eigenvalue weighted by atomic mass is 10.0. The van der Waals surface area contributed by atoms with Gasteiger partial charge in [-0.15, -0.1) is 0 Å². The number of hydrogen-bond acceptors (Lipinski definition) is 3. The van der Waals surface area contributed by atoms with E-state index in [-0.39, 0.29) is 11.6 Å². The molecular weight excluding hydrogens is 202 g/mol. The molecule has 0 radical (unpaired) electrons. The molecule has 1 fully saturated rings. The molecule has 3 heteroatoms. The van der Waals surface area contributed by atoms with Gasteiger partial charge in [-0.05, 0) is 26.0 Å². The predicted molar refractivity (Wildman–Crippen MR) is 64.1 cm³/mol. The average molecular weight is 221 g/mol. The van der Waals surface area contributed by atoms with Crippen LogP contribution >= 0.6 is 0 Å². The predicted octanol–water partition coefficient (Wildman–Crippen LogP) is 2.21. The van der Waals surface area contributed by atoms with Crippen molar-refractivity contribution in [3.8, 4) is 11.5 Å². The molecule has 0 amide bonds. The number of hydrogen-bond donors (Lipinski definition) is 1. The van der Waals surface area contributed by atoms with Crippen molar-refractivity contribution < 1.29 is 9.47 Å². The Balaban J connectivity index is 1.99. The summed E-state index contributed by atoms with van der Waals surface area (Å²) < 4.78 is 11.1. The Labute approximate surface area is 96.8 Å². The van der Waals surface area contributed by atoms with Crippen LogP contribution in [-0.4, -0.2) is 25.3 Å². The van der Waals surface area contributed by atoms with Gasteiger partial charge in [-0.25, -0.2) is 0 Å². The Hall–Kier alpha value is -1.22. The highest BCUT2D eigenvalue weighted by Gasteiger charge is 2.31. The van der Waals surface area contributed by atoms with Crippen LogP contribution in [0.3, 0.4) is 0 Å². The van der Waals surface area contributed by atoms with Crippen molar-refractivity contribution in [3.63, 3.8) is 0 Å². The maximum absolute atomic E-state index is 5.91. The number of ether oxygens (including phenoxy) is 2. The Morgan fingerprint density at radius 2 is 2.06 bits per heavy atom. The van der Waals surface area contributed by atoms with E-state index in [4.69, 9.17) is 9.47 Å². The third-order valence-electron chi connectivity index (χ3n) is 2.89. The molecule has 1 atom stereocenters. The van der Waals surface area contributed by atoms with E-state index >= 15 is 0 Å². The van der Waals surface area contributed by atoms with Crippen LogP contribution in [0.2, 0.25) is 0 Å². The summed E-state index contributed by atoms with van der Waals surface area (Å²) in [4.78, 5) is 0. The summed E-state index contributed by atoms with van der Waals surface area (Å²) >= 11 is 0. The van der Waals surface area contributed by atoms with E-state index in [1.54, 1.807) is 7.11 Å². The van der Waals surface area contributed by atoms with Gasteiger partial charge in [0.2, 0.25) is 0 Å². The van der Waals surface area contributed by atoms with E-state index in [1.807, 2.05) is 24.3 Å². The second kappa shape index (κ2) is 4.34. The van der Waals surface area contributed by atoms with Crippen LogP contribution in [0.1, 0.15) is 20.3 Å². The van der Waals surface area contributed by atoms with Gasteiger partial charge in [0.1, 0.15) is 17.6 Å². The van der Waals surface area contributed by atoms with Crippen LogP contribution in [0.15, 0.2) is 24.3 Å². The van der Waals surface area contributed by atoms with Crippen molar-refractivity contribution >= 4 is 0 Å². The van der Waals surface area contributed by atoms with Gasteiger partial charge >= 0.3 is 0 Å². The van der Waals surface area contributed by atoms with Gasteiger partial charge in [-0.3, -0.25) is 0 Å². The van der Waals surface area contributed by atoms with Crippen molar-refractivity contribution in [1.29, 1.82) is 0 Å². The van der Waals surface area contributed by atoms with Crippen molar-refractivity contribution in [2.75, 3.05) is 13.7 Å². The molecule has 0 aliphatic carbocycles. The fourth-order valence-corrected chi connectivity index (χ4v) is 2.05. The average Bonchev–Trinajstić information content (AvgIpc) is 2.58. The maximum atomic E-state index is 5.91. The Bertz CT molecular complexity index is 363. The fourth-order valence-electron chi connectivity index (χ4n) is 2.05. The first kappa shape index (κ1) is 11.3. The number of methoxy groups -OCH3 is 1. The van der Waals surface area contributed by atoms with Crippen LogP contribution in [0.5, 0.6) is 11.5 Å². The molecule has 16 heavy (non-hydrogen) atoms. The molecular formula is C13H19NO2. The lowest BCUT2D eigenvalue weighted by molar-refractivity contribution is 0.213. The second-order valence-electron chi connectivity index (χ2n) is 4.89. The number of nitrogens with one attached hydrogen (secondary N) is 1. The van der Waals surface area contributed by atoms with E-state index in [0.717, 1.165) is 24.5 Å². The molecule has 0 aromatic heterocycles. The molecule has 1 heterocycles. The van der Waals surface area contributed by atoms with Crippen LogP contribution in [0, 0.1) is 0 Å². The van der Waals surface area contributed by atoms with E-state index < -0.39 is 0 Å². The van der Waals surface area contributed by atoms with Gasteiger partial charge in [0.05, 0.1) is 7.11 Å². The first-order chi connectivity index (χ1) is 7.59. The molecule has 1 aromatic rings.